The molecule has 0 aliphatic carbocycles. The van der Waals surface area contributed by atoms with Gasteiger partial charge in [-0.15, -0.1) is 0 Å². The summed E-state index contributed by atoms with van der Waals surface area (Å²) in [5, 5.41) is 13.1. The molecule has 1 aliphatic rings. The maximum atomic E-state index is 12.8. The van der Waals surface area contributed by atoms with Crippen LogP contribution >= 0.6 is 0 Å². The van der Waals surface area contributed by atoms with E-state index in [9.17, 15) is 24.5 Å². The minimum atomic E-state index is -0.843. The van der Waals surface area contributed by atoms with Crippen molar-refractivity contribution >= 4 is 35.3 Å². The molecule has 1 aliphatic heterocycles. The van der Waals surface area contributed by atoms with E-state index >= 15 is 0 Å². The predicted molar refractivity (Wildman–Crippen MR) is 106 cm³/mol. The number of nitro groups is 1. The number of carbonyl (C=O) groups excluding carboxylic acids is 3. The molecular formula is C21H13N3O6. The maximum Gasteiger partial charge on any atom is 0.335 e. The molecule has 2 heterocycles. The van der Waals surface area contributed by atoms with Crippen molar-refractivity contribution in [1.82, 2.24) is 5.32 Å². The van der Waals surface area contributed by atoms with E-state index in [1.54, 1.807) is 42.5 Å². The molecule has 2 aromatic carbocycles. The van der Waals surface area contributed by atoms with Gasteiger partial charge < -0.3 is 4.42 Å². The highest BCUT2D eigenvalue weighted by atomic mass is 16.6. The van der Waals surface area contributed by atoms with Crippen molar-refractivity contribution in [3.05, 3.63) is 88.2 Å². The van der Waals surface area contributed by atoms with Crippen molar-refractivity contribution in [2.24, 2.45) is 0 Å². The molecule has 9 nitrogen and oxygen atoms in total. The number of urea groups is 1. The summed E-state index contributed by atoms with van der Waals surface area (Å²) in [6.07, 6.45) is 1.22. The number of hydrogen-bond donors (Lipinski definition) is 1. The highest BCUT2D eigenvalue weighted by Crippen LogP contribution is 2.27. The molecule has 0 atom stereocenters. The van der Waals surface area contributed by atoms with Crippen LogP contribution in [0.2, 0.25) is 0 Å². The van der Waals surface area contributed by atoms with Crippen LogP contribution in [0, 0.1) is 10.1 Å². The van der Waals surface area contributed by atoms with Gasteiger partial charge in [-0.25, -0.2) is 9.69 Å². The number of imide groups is 2. The van der Waals surface area contributed by atoms with E-state index in [1.807, 2.05) is 0 Å². The lowest BCUT2D eigenvalue weighted by Gasteiger charge is -2.26. The van der Waals surface area contributed by atoms with E-state index < -0.39 is 22.8 Å². The number of para-hydroxylation sites is 1. The van der Waals surface area contributed by atoms with Crippen LogP contribution in [0.1, 0.15) is 5.76 Å². The Balaban J connectivity index is 1.67. The first-order chi connectivity index (χ1) is 14.4. The fourth-order valence-electron chi connectivity index (χ4n) is 2.97. The van der Waals surface area contributed by atoms with Crippen molar-refractivity contribution in [2.75, 3.05) is 4.90 Å². The maximum absolute atomic E-state index is 12.8. The van der Waals surface area contributed by atoms with Gasteiger partial charge in [-0.3, -0.25) is 25.0 Å². The number of furan rings is 1. The molecule has 0 bridgehead atoms. The standard InChI is InChI=1S/C21H13N3O6/c25-19-17(20(26)23(21(27)22-19)14-6-2-1-3-7-14)12-16-9-10-18(30-16)13-5-4-8-15(11-13)24(28)29/h1-12H,(H,22,25,27). The number of barbiturate groups is 1. The zero-order valence-corrected chi connectivity index (χ0v) is 15.3. The van der Waals surface area contributed by atoms with Gasteiger partial charge in [0.05, 0.1) is 10.6 Å². The summed E-state index contributed by atoms with van der Waals surface area (Å²) in [6, 6.07) is 16.3. The van der Waals surface area contributed by atoms with Gasteiger partial charge in [0, 0.05) is 17.7 Å². The first-order valence-electron chi connectivity index (χ1n) is 8.75. The third-order valence-corrected chi connectivity index (χ3v) is 4.37. The van der Waals surface area contributed by atoms with Gasteiger partial charge in [0.25, 0.3) is 17.5 Å². The van der Waals surface area contributed by atoms with Gasteiger partial charge >= 0.3 is 6.03 Å². The molecule has 0 spiro atoms. The van der Waals surface area contributed by atoms with Crippen LogP contribution in [0.3, 0.4) is 0 Å². The quantitative estimate of drug-likeness (QED) is 0.308. The third kappa shape index (κ3) is 3.47. The van der Waals surface area contributed by atoms with Crippen molar-refractivity contribution < 1.29 is 23.7 Å². The molecular weight excluding hydrogens is 390 g/mol. The molecule has 4 amide bonds. The van der Waals surface area contributed by atoms with Crippen LogP contribution in [0.4, 0.5) is 16.2 Å². The van der Waals surface area contributed by atoms with Crippen LogP contribution in [0.5, 0.6) is 0 Å². The van der Waals surface area contributed by atoms with Crippen molar-refractivity contribution in [3.8, 4) is 11.3 Å². The Morgan fingerprint density at radius 1 is 0.967 bits per heavy atom. The summed E-state index contributed by atoms with van der Waals surface area (Å²) < 4.78 is 5.64. The SMILES string of the molecule is O=C1NC(=O)N(c2ccccc2)C(=O)C1=Cc1ccc(-c2cccc([N+](=O)[O-])c2)o1. The van der Waals surface area contributed by atoms with Gasteiger partial charge in [0.15, 0.2) is 0 Å². The number of carbonyl (C=O) groups is 3. The lowest BCUT2D eigenvalue weighted by molar-refractivity contribution is -0.384. The van der Waals surface area contributed by atoms with Crippen molar-refractivity contribution in [3.63, 3.8) is 0 Å². The number of nitrogens with one attached hydrogen (secondary N) is 1. The highest BCUT2D eigenvalue weighted by molar-refractivity contribution is 6.39. The number of non-ortho nitro benzene ring substituents is 1. The Morgan fingerprint density at radius 2 is 1.73 bits per heavy atom. The number of anilines is 1. The summed E-state index contributed by atoms with van der Waals surface area (Å²) in [5.41, 5.74) is 0.408. The summed E-state index contributed by atoms with van der Waals surface area (Å²) in [5.74, 6) is -1.13. The van der Waals surface area contributed by atoms with Gasteiger partial charge in [0.1, 0.15) is 17.1 Å². The normalized spacial score (nSPS) is 15.4. The van der Waals surface area contributed by atoms with E-state index in [1.165, 1.54) is 30.3 Å². The van der Waals surface area contributed by atoms with E-state index in [4.69, 9.17) is 4.42 Å². The molecule has 3 aromatic rings. The predicted octanol–water partition coefficient (Wildman–Crippen LogP) is 3.52. The molecule has 1 N–H and O–H groups in total. The molecule has 4 rings (SSSR count). The van der Waals surface area contributed by atoms with E-state index in [-0.39, 0.29) is 17.0 Å². The molecule has 0 unspecified atom stereocenters. The van der Waals surface area contributed by atoms with Crippen LogP contribution < -0.4 is 10.2 Å². The van der Waals surface area contributed by atoms with Gasteiger partial charge in [-0.2, -0.15) is 0 Å². The molecule has 9 heteroatoms. The number of benzene rings is 2. The molecule has 30 heavy (non-hydrogen) atoms. The average molecular weight is 403 g/mol. The minimum absolute atomic E-state index is 0.0948. The van der Waals surface area contributed by atoms with Crippen molar-refractivity contribution in [1.29, 1.82) is 0 Å². The lowest BCUT2D eigenvalue weighted by atomic mass is 10.1. The fourth-order valence-corrected chi connectivity index (χ4v) is 2.97. The molecule has 0 saturated carbocycles. The summed E-state index contributed by atoms with van der Waals surface area (Å²) >= 11 is 0. The summed E-state index contributed by atoms with van der Waals surface area (Å²) in [7, 11) is 0. The van der Waals surface area contributed by atoms with Crippen molar-refractivity contribution in [2.45, 2.75) is 0 Å². The Bertz CT molecular complexity index is 1210. The number of nitrogens with zero attached hydrogens (tertiary/aromatic N) is 2. The zero-order chi connectivity index (χ0) is 21.3. The summed E-state index contributed by atoms with van der Waals surface area (Å²) in [6.45, 7) is 0. The molecule has 1 aromatic heterocycles. The molecule has 148 valence electrons. The van der Waals surface area contributed by atoms with Gasteiger partial charge in [0.2, 0.25) is 0 Å². The second-order valence-corrected chi connectivity index (χ2v) is 6.30. The largest absolute Gasteiger partial charge is 0.457 e. The third-order valence-electron chi connectivity index (χ3n) is 4.37. The second-order valence-electron chi connectivity index (χ2n) is 6.30. The lowest BCUT2D eigenvalue weighted by Crippen LogP contribution is -2.54. The van der Waals surface area contributed by atoms with E-state index in [0.717, 1.165) is 4.90 Å². The first-order valence-corrected chi connectivity index (χ1v) is 8.75. The first kappa shape index (κ1) is 18.8. The van der Waals surface area contributed by atoms with Crippen LogP contribution in [-0.2, 0) is 9.59 Å². The average Bonchev–Trinajstić information content (AvgIpc) is 3.21. The smallest absolute Gasteiger partial charge is 0.335 e. The Kier molecular flexibility index (Phi) is 4.69. The topological polar surface area (TPSA) is 123 Å². The number of nitro benzene ring substituents is 1. The monoisotopic (exact) mass is 403 g/mol. The second kappa shape index (κ2) is 7.47. The molecule has 1 saturated heterocycles. The van der Waals surface area contributed by atoms with E-state index in [0.29, 0.717) is 17.0 Å². The van der Waals surface area contributed by atoms with Crippen LogP contribution in [0.15, 0.2) is 76.7 Å². The Labute approximate surface area is 169 Å². The number of rotatable bonds is 4. The van der Waals surface area contributed by atoms with Gasteiger partial charge in [-0.1, -0.05) is 30.3 Å². The van der Waals surface area contributed by atoms with Crippen LogP contribution in [-0.4, -0.2) is 22.8 Å². The highest BCUT2D eigenvalue weighted by Gasteiger charge is 2.36. The Hall–Kier alpha value is -4.53. The number of amides is 4. The Morgan fingerprint density at radius 3 is 2.47 bits per heavy atom. The fraction of sp³-hybridized carbons (Fsp3) is 0. The summed E-state index contributed by atoms with van der Waals surface area (Å²) in [4.78, 5) is 48.5. The minimum Gasteiger partial charge on any atom is -0.457 e. The number of hydrogen-bond acceptors (Lipinski definition) is 6. The molecule has 0 radical (unpaired) electrons. The molecule has 1 fully saturated rings. The van der Waals surface area contributed by atoms with Gasteiger partial charge in [-0.05, 0) is 30.3 Å². The zero-order valence-electron chi connectivity index (χ0n) is 15.3. The van der Waals surface area contributed by atoms with Crippen LogP contribution in [0.25, 0.3) is 17.4 Å². The van der Waals surface area contributed by atoms with E-state index in [2.05, 4.69) is 5.32 Å².